The molecule has 0 fully saturated rings. The second kappa shape index (κ2) is 12.6. The van der Waals surface area contributed by atoms with E-state index in [-0.39, 0.29) is 11.5 Å². The van der Waals surface area contributed by atoms with Crippen LogP contribution < -0.4 is 5.73 Å². The van der Waals surface area contributed by atoms with Crippen molar-refractivity contribution in [3.05, 3.63) is 66.5 Å². The van der Waals surface area contributed by atoms with Crippen LogP contribution in [-0.4, -0.2) is 12.2 Å². The van der Waals surface area contributed by atoms with Crippen molar-refractivity contribution in [1.82, 2.24) is 0 Å². The van der Waals surface area contributed by atoms with Gasteiger partial charge in [-0.3, -0.25) is 0 Å². The van der Waals surface area contributed by atoms with Crippen LogP contribution in [-0.2, 0) is 6.42 Å². The molecule has 0 heterocycles. The molecular formula is C16H24FNO. The van der Waals surface area contributed by atoms with E-state index in [1.165, 1.54) is 6.07 Å². The molecule has 0 bridgehead atoms. The van der Waals surface area contributed by atoms with E-state index in [1.807, 2.05) is 19.9 Å². The number of nitrogen functional groups attached to an aromatic ring is 1. The Balaban J connectivity index is 0. The molecule has 3 heteroatoms. The zero-order valence-corrected chi connectivity index (χ0v) is 12.0. The van der Waals surface area contributed by atoms with Crippen molar-refractivity contribution < 1.29 is 9.50 Å². The first kappa shape index (κ1) is 19.5. The standard InChI is InChI=1S/C13H14FN.C2H6.CH4O/c1-3-5-10(4-2)8-11-6-7-12(14)13(15)9-11;2*1-2/h3-7,9H,1-2,8,15H2;1-2H3;2H,1H3/b10-5+;;. The predicted molar refractivity (Wildman–Crippen MR) is 82.5 cm³/mol. The van der Waals surface area contributed by atoms with Gasteiger partial charge in [0.2, 0.25) is 0 Å². The van der Waals surface area contributed by atoms with Crippen LogP contribution in [0.3, 0.4) is 0 Å². The Labute approximate surface area is 115 Å². The third kappa shape index (κ3) is 7.95. The summed E-state index contributed by atoms with van der Waals surface area (Å²) in [6.07, 6.45) is 6.00. The second-order valence-corrected chi connectivity index (χ2v) is 3.21. The molecule has 2 nitrogen and oxygen atoms in total. The number of hydrogen-bond acceptors (Lipinski definition) is 2. The summed E-state index contributed by atoms with van der Waals surface area (Å²) in [6.45, 7) is 11.3. The third-order valence-corrected chi connectivity index (χ3v) is 2.06. The van der Waals surface area contributed by atoms with Crippen molar-refractivity contribution in [2.75, 3.05) is 12.8 Å². The molecule has 0 saturated carbocycles. The minimum Gasteiger partial charge on any atom is -0.400 e. The lowest BCUT2D eigenvalue weighted by molar-refractivity contribution is 0.399. The van der Waals surface area contributed by atoms with E-state index in [1.54, 1.807) is 24.3 Å². The Kier molecular flexibility index (Phi) is 12.9. The van der Waals surface area contributed by atoms with Crippen LogP contribution in [0.25, 0.3) is 0 Å². The smallest absolute Gasteiger partial charge is 0.146 e. The SMILES string of the molecule is C=C/C=C(\C=C)Cc1ccc(F)c(N)c1.CC.CO. The van der Waals surface area contributed by atoms with Gasteiger partial charge >= 0.3 is 0 Å². The summed E-state index contributed by atoms with van der Waals surface area (Å²) in [5.41, 5.74) is 7.63. The first-order chi connectivity index (χ1) is 9.17. The topological polar surface area (TPSA) is 46.2 Å². The van der Waals surface area contributed by atoms with Gasteiger partial charge < -0.3 is 10.8 Å². The van der Waals surface area contributed by atoms with Crippen LogP contribution in [0.1, 0.15) is 19.4 Å². The molecule has 0 aliphatic rings. The van der Waals surface area contributed by atoms with Gasteiger partial charge in [-0.15, -0.1) is 0 Å². The molecule has 1 aromatic rings. The molecule has 0 atom stereocenters. The van der Waals surface area contributed by atoms with E-state index >= 15 is 0 Å². The monoisotopic (exact) mass is 265 g/mol. The Hall–Kier alpha value is -1.87. The number of hydrogen-bond donors (Lipinski definition) is 2. The summed E-state index contributed by atoms with van der Waals surface area (Å²) in [4.78, 5) is 0. The van der Waals surface area contributed by atoms with Gasteiger partial charge in [-0.05, 0) is 29.7 Å². The van der Waals surface area contributed by atoms with Crippen molar-refractivity contribution in [2.24, 2.45) is 0 Å². The molecule has 0 spiro atoms. The van der Waals surface area contributed by atoms with Gasteiger partial charge in [0.25, 0.3) is 0 Å². The van der Waals surface area contributed by atoms with Crippen LogP contribution in [0.4, 0.5) is 10.1 Å². The fraction of sp³-hybridized carbons (Fsp3) is 0.250. The lowest BCUT2D eigenvalue weighted by Gasteiger charge is -2.04. The molecule has 19 heavy (non-hydrogen) atoms. The van der Waals surface area contributed by atoms with Crippen LogP contribution in [0.5, 0.6) is 0 Å². The van der Waals surface area contributed by atoms with Crippen molar-refractivity contribution >= 4 is 5.69 Å². The van der Waals surface area contributed by atoms with Crippen LogP contribution in [0, 0.1) is 5.82 Å². The number of nitrogens with two attached hydrogens (primary N) is 1. The zero-order chi connectivity index (χ0) is 15.3. The predicted octanol–water partition coefficient (Wildman–Crippen LogP) is 3.88. The van der Waals surface area contributed by atoms with E-state index in [4.69, 9.17) is 10.8 Å². The Bertz CT molecular complexity index is 411. The largest absolute Gasteiger partial charge is 0.400 e. The van der Waals surface area contributed by atoms with Gasteiger partial charge in [0.1, 0.15) is 5.82 Å². The third-order valence-electron chi connectivity index (χ3n) is 2.06. The molecule has 0 radical (unpaired) electrons. The lowest BCUT2D eigenvalue weighted by atomic mass is 10.0. The fourth-order valence-corrected chi connectivity index (χ4v) is 1.29. The number of aliphatic hydroxyl groups is 1. The minimum absolute atomic E-state index is 0.175. The Morgan fingerprint density at radius 1 is 1.32 bits per heavy atom. The maximum atomic E-state index is 12.9. The number of halogens is 1. The van der Waals surface area contributed by atoms with E-state index in [2.05, 4.69) is 13.2 Å². The zero-order valence-electron chi connectivity index (χ0n) is 12.0. The van der Waals surface area contributed by atoms with E-state index in [9.17, 15) is 4.39 Å². The molecular weight excluding hydrogens is 241 g/mol. The maximum Gasteiger partial charge on any atom is 0.146 e. The minimum atomic E-state index is -0.383. The van der Waals surface area contributed by atoms with Crippen molar-refractivity contribution in [2.45, 2.75) is 20.3 Å². The first-order valence-corrected chi connectivity index (χ1v) is 6.10. The van der Waals surface area contributed by atoms with Gasteiger partial charge in [-0.2, -0.15) is 0 Å². The second-order valence-electron chi connectivity index (χ2n) is 3.21. The molecule has 0 aromatic heterocycles. The van der Waals surface area contributed by atoms with Gasteiger partial charge in [0.15, 0.2) is 0 Å². The molecule has 0 amide bonds. The normalized spacial score (nSPS) is 9.42. The number of rotatable bonds is 4. The fourth-order valence-electron chi connectivity index (χ4n) is 1.29. The Morgan fingerprint density at radius 2 is 1.89 bits per heavy atom. The molecule has 0 unspecified atom stereocenters. The first-order valence-electron chi connectivity index (χ1n) is 6.10. The van der Waals surface area contributed by atoms with Gasteiger partial charge in [0.05, 0.1) is 5.69 Å². The summed E-state index contributed by atoms with van der Waals surface area (Å²) in [7, 11) is 1.00. The highest BCUT2D eigenvalue weighted by molar-refractivity contribution is 5.44. The van der Waals surface area contributed by atoms with Crippen LogP contribution in [0.15, 0.2) is 55.2 Å². The number of aliphatic hydroxyl groups excluding tert-OH is 1. The lowest BCUT2D eigenvalue weighted by Crippen LogP contribution is -1.94. The van der Waals surface area contributed by atoms with Crippen molar-refractivity contribution in [1.29, 1.82) is 0 Å². The summed E-state index contributed by atoms with van der Waals surface area (Å²) in [6, 6.07) is 4.72. The molecule has 3 N–H and O–H groups in total. The van der Waals surface area contributed by atoms with Crippen molar-refractivity contribution in [3.63, 3.8) is 0 Å². The van der Waals surface area contributed by atoms with Gasteiger partial charge in [0, 0.05) is 7.11 Å². The highest BCUT2D eigenvalue weighted by atomic mass is 19.1. The van der Waals surface area contributed by atoms with E-state index in [0.717, 1.165) is 18.2 Å². The number of benzene rings is 1. The number of anilines is 1. The summed E-state index contributed by atoms with van der Waals surface area (Å²) >= 11 is 0. The average Bonchev–Trinajstić information content (AvgIpc) is 2.46. The highest BCUT2D eigenvalue weighted by Gasteiger charge is 2.00. The molecule has 1 rings (SSSR count). The van der Waals surface area contributed by atoms with Gasteiger partial charge in [-0.25, -0.2) is 4.39 Å². The van der Waals surface area contributed by atoms with E-state index in [0.29, 0.717) is 6.42 Å². The summed E-state index contributed by atoms with van der Waals surface area (Å²) in [5.74, 6) is -0.383. The van der Waals surface area contributed by atoms with Crippen LogP contribution >= 0.6 is 0 Å². The summed E-state index contributed by atoms with van der Waals surface area (Å²) < 4.78 is 12.9. The average molecular weight is 265 g/mol. The summed E-state index contributed by atoms with van der Waals surface area (Å²) in [5, 5.41) is 7.00. The van der Waals surface area contributed by atoms with Gasteiger partial charge in [-0.1, -0.05) is 51.3 Å². The molecule has 0 saturated heterocycles. The van der Waals surface area contributed by atoms with Crippen LogP contribution in [0.2, 0.25) is 0 Å². The quantitative estimate of drug-likeness (QED) is 0.641. The van der Waals surface area contributed by atoms with E-state index < -0.39 is 0 Å². The molecule has 1 aromatic carbocycles. The Morgan fingerprint density at radius 3 is 2.32 bits per heavy atom. The molecule has 0 aliphatic carbocycles. The highest BCUT2D eigenvalue weighted by Crippen LogP contribution is 2.15. The molecule has 0 aliphatic heterocycles. The molecule has 106 valence electrons. The van der Waals surface area contributed by atoms with Crippen molar-refractivity contribution in [3.8, 4) is 0 Å². The maximum absolute atomic E-state index is 12.9. The number of allylic oxidation sites excluding steroid dienone is 4.